The fourth-order valence-electron chi connectivity index (χ4n) is 2.42. The topological polar surface area (TPSA) is 15.3 Å². The van der Waals surface area contributed by atoms with E-state index in [2.05, 4.69) is 60.5 Å². The first-order valence-electron chi connectivity index (χ1n) is 6.93. The van der Waals surface area contributed by atoms with Gasteiger partial charge in [-0.3, -0.25) is 0 Å². The van der Waals surface area contributed by atoms with Gasteiger partial charge in [-0.05, 0) is 50.2 Å². The average Bonchev–Trinajstić information content (AvgIpc) is 2.44. The van der Waals surface area contributed by atoms with E-state index in [1.54, 1.807) is 0 Å². The number of anilines is 2. The normalized spacial score (nSPS) is 10.6. The summed E-state index contributed by atoms with van der Waals surface area (Å²) in [4.78, 5) is 2.25. The Hall–Kier alpha value is -1.51. The molecule has 2 aromatic rings. The number of rotatable bonds is 5. The van der Waals surface area contributed by atoms with Crippen molar-refractivity contribution in [3.8, 4) is 0 Å². The van der Waals surface area contributed by atoms with Crippen LogP contribution in [-0.4, -0.2) is 13.6 Å². The van der Waals surface area contributed by atoms with Gasteiger partial charge in [-0.2, -0.15) is 0 Å². The van der Waals surface area contributed by atoms with E-state index >= 15 is 0 Å². The van der Waals surface area contributed by atoms with Crippen LogP contribution in [0, 0.1) is 6.92 Å². The number of nitrogens with zero attached hydrogens (tertiary/aromatic N) is 1. The van der Waals surface area contributed by atoms with Crippen molar-refractivity contribution in [1.29, 1.82) is 0 Å². The first-order valence-corrected chi connectivity index (χ1v) is 7.31. The highest BCUT2D eigenvalue weighted by Gasteiger charge is 2.13. The zero-order valence-corrected chi connectivity index (χ0v) is 13.0. The molecule has 2 nitrogen and oxygen atoms in total. The Morgan fingerprint density at radius 1 is 1.10 bits per heavy atom. The molecule has 0 aliphatic rings. The van der Waals surface area contributed by atoms with Gasteiger partial charge < -0.3 is 10.2 Å². The maximum Gasteiger partial charge on any atom is 0.0646 e. The second kappa shape index (κ2) is 6.78. The molecule has 2 aromatic carbocycles. The Labute approximate surface area is 126 Å². The molecule has 0 unspecified atom stereocenters. The first-order chi connectivity index (χ1) is 9.67. The molecule has 0 heterocycles. The van der Waals surface area contributed by atoms with Gasteiger partial charge >= 0.3 is 0 Å². The van der Waals surface area contributed by atoms with E-state index in [-0.39, 0.29) is 0 Å². The van der Waals surface area contributed by atoms with Crippen LogP contribution in [0.3, 0.4) is 0 Å². The van der Waals surface area contributed by atoms with Crippen LogP contribution >= 0.6 is 11.6 Å². The minimum Gasteiger partial charge on any atom is -0.340 e. The second-order valence-electron chi connectivity index (χ2n) is 4.85. The maximum absolute atomic E-state index is 6.47. The van der Waals surface area contributed by atoms with E-state index in [4.69, 9.17) is 11.6 Å². The van der Waals surface area contributed by atoms with E-state index in [0.717, 1.165) is 23.8 Å². The fraction of sp³-hybridized carbons (Fsp3) is 0.294. The van der Waals surface area contributed by atoms with Crippen LogP contribution in [0.15, 0.2) is 42.5 Å². The zero-order chi connectivity index (χ0) is 14.5. The summed E-state index contributed by atoms with van der Waals surface area (Å²) in [6, 6.07) is 14.6. The molecule has 20 heavy (non-hydrogen) atoms. The molecule has 0 fully saturated rings. The predicted molar refractivity (Wildman–Crippen MR) is 88.1 cm³/mol. The van der Waals surface area contributed by atoms with Crippen molar-refractivity contribution in [3.63, 3.8) is 0 Å². The molecule has 0 aliphatic carbocycles. The Balaban J connectivity index is 2.40. The lowest BCUT2D eigenvalue weighted by atomic mass is 10.1. The average molecular weight is 289 g/mol. The minimum atomic E-state index is 0.794. The van der Waals surface area contributed by atoms with E-state index < -0.39 is 0 Å². The van der Waals surface area contributed by atoms with Gasteiger partial charge in [-0.15, -0.1) is 0 Å². The van der Waals surface area contributed by atoms with Gasteiger partial charge in [-0.1, -0.05) is 35.9 Å². The SMILES string of the molecule is CCN(c1ccccc1C)c1ccc(CNC)cc1Cl. The smallest absolute Gasteiger partial charge is 0.0646 e. The van der Waals surface area contributed by atoms with Gasteiger partial charge in [0, 0.05) is 18.8 Å². The van der Waals surface area contributed by atoms with Gasteiger partial charge in [0.2, 0.25) is 0 Å². The van der Waals surface area contributed by atoms with Crippen LogP contribution in [0.1, 0.15) is 18.1 Å². The van der Waals surface area contributed by atoms with E-state index in [1.165, 1.54) is 16.8 Å². The van der Waals surface area contributed by atoms with Crippen molar-refractivity contribution in [2.75, 3.05) is 18.5 Å². The van der Waals surface area contributed by atoms with Crippen molar-refractivity contribution >= 4 is 23.0 Å². The molecule has 0 bridgehead atoms. The zero-order valence-electron chi connectivity index (χ0n) is 12.3. The Bertz CT molecular complexity index is 581. The highest BCUT2D eigenvalue weighted by molar-refractivity contribution is 6.33. The molecular formula is C17H21ClN2. The summed E-state index contributed by atoms with van der Waals surface area (Å²) >= 11 is 6.47. The second-order valence-corrected chi connectivity index (χ2v) is 5.25. The van der Waals surface area contributed by atoms with Crippen LogP contribution in [0.2, 0.25) is 5.02 Å². The number of hydrogen-bond acceptors (Lipinski definition) is 2. The summed E-state index contributed by atoms with van der Waals surface area (Å²) in [6.07, 6.45) is 0. The van der Waals surface area contributed by atoms with Crippen LogP contribution in [0.5, 0.6) is 0 Å². The third-order valence-corrected chi connectivity index (χ3v) is 3.71. The summed E-state index contributed by atoms with van der Waals surface area (Å²) in [6.45, 7) is 5.98. The van der Waals surface area contributed by atoms with Gasteiger partial charge in [0.1, 0.15) is 0 Å². The molecule has 0 saturated carbocycles. The summed E-state index contributed by atoms with van der Waals surface area (Å²) in [5, 5.41) is 3.94. The van der Waals surface area contributed by atoms with Crippen LogP contribution in [0.4, 0.5) is 11.4 Å². The lowest BCUT2D eigenvalue weighted by Crippen LogP contribution is -2.17. The molecule has 106 valence electrons. The van der Waals surface area contributed by atoms with Crippen LogP contribution in [0.25, 0.3) is 0 Å². The number of benzene rings is 2. The third-order valence-electron chi connectivity index (χ3n) is 3.41. The van der Waals surface area contributed by atoms with Crippen LogP contribution in [-0.2, 0) is 6.54 Å². The van der Waals surface area contributed by atoms with Gasteiger partial charge in [0.05, 0.1) is 10.7 Å². The van der Waals surface area contributed by atoms with Gasteiger partial charge in [0.25, 0.3) is 0 Å². The Kier molecular flexibility index (Phi) is 5.05. The quantitative estimate of drug-likeness (QED) is 0.870. The van der Waals surface area contributed by atoms with Gasteiger partial charge in [0.15, 0.2) is 0 Å². The molecule has 2 rings (SSSR count). The highest BCUT2D eigenvalue weighted by atomic mass is 35.5. The summed E-state index contributed by atoms with van der Waals surface area (Å²) in [5.74, 6) is 0. The number of aryl methyl sites for hydroxylation is 1. The monoisotopic (exact) mass is 288 g/mol. The summed E-state index contributed by atoms with van der Waals surface area (Å²) in [5.41, 5.74) is 4.72. The van der Waals surface area contributed by atoms with E-state index in [1.807, 2.05) is 13.1 Å². The Morgan fingerprint density at radius 3 is 2.45 bits per heavy atom. The number of halogens is 1. The standard InChI is InChI=1S/C17H21ClN2/c1-4-20(16-8-6-5-7-13(16)2)17-10-9-14(12-19-3)11-15(17)18/h5-11,19H,4,12H2,1-3H3. The number of hydrogen-bond donors (Lipinski definition) is 1. The lowest BCUT2D eigenvalue weighted by Gasteiger charge is -2.26. The van der Waals surface area contributed by atoms with Gasteiger partial charge in [-0.25, -0.2) is 0 Å². The third kappa shape index (κ3) is 3.14. The molecule has 0 atom stereocenters. The molecule has 1 N–H and O–H groups in total. The molecule has 0 radical (unpaired) electrons. The highest BCUT2D eigenvalue weighted by Crippen LogP contribution is 2.33. The van der Waals surface area contributed by atoms with Crippen molar-refractivity contribution < 1.29 is 0 Å². The van der Waals surface area contributed by atoms with Crippen molar-refractivity contribution in [2.45, 2.75) is 20.4 Å². The maximum atomic E-state index is 6.47. The fourth-order valence-corrected chi connectivity index (χ4v) is 2.73. The molecule has 0 aliphatic heterocycles. The Morgan fingerprint density at radius 2 is 1.85 bits per heavy atom. The number of para-hydroxylation sites is 1. The van der Waals surface area contributed by atoms with E-state index in [9.17, 15) is 0 Å². The summed E-state index contributed by atoms with van der Waals surface area (Å²) < 4.78 is 0. The molecule has 0 aromatic heterocycles. The van der Waals surface area contributed by atoms with Crippen molar-refractivity contribution in [3.05, 3.63) is 58.6 Å². The number of nitrogens with one attached hydrogen (secondary N) is 1. The molecule has 3 heteroatoms. The van der Waals surface area contributed by atoms with Crippen molar-refractivity contribution in [2.24, 2.45) is 0 Å². The lowest BCUT2D eigenvalue weighted by molar-refractivity contribution is 0.817. The van der Waals surface area contributed by atoms with Crippen molar-refractivity contribution in [1.82, 2.24) is 5.32 Å². The van der Waals surface area contributed by atoms with E-state index in [0.29, 0.717) is 0 Å². The molecule has 0 amide bonds. The molecule has 0 spiro atoms. The van der Waals surface area contributed by atoms with Crippen LogP contribution < -0.4 is 10.2 Å². The first kappa shape index (κ1) is 14.9. The molecule has 0 saturated heterocycles. The predicted octanol–water partition coefficient (Wildman–Crippen LogP) is 4.53. The molecular weight excluding hydrogens is 268 g/mol. The largest absolute Gasteiger partial charge is 0.340 e. The summed E-state index contributed by atoms with van der Waals surface area (Å²) in [7, 11) is 1.94. The minimum absolute atomic E-state index is 0.794.